The predicted molar refractivity (Wildman–Crippen MR) is 123 cm³/mol. The molecule has 1 saturated heterocycles. The van der Waals surface area contributed by atoms with E-state index in [0.717, 1.165) is 22.6 Å². The van der Waals surface area contributed by atoms with E-state index in [0.29, 0.717) is 17.2 Å². The fourth-order valence-corrected chi connectivity index (χ4v) is 3.90. The molecule has 0 unspecified atom stereocenters. The highest BCUT2D eigenvalue weighted by Gasteiger charge is 2.51. The zero-order chi connectivity index (χ0) is 22.8. The molecule has 0 saturated carbocycles. The molecule has 1 fully saturated rings. The van der Waals surface area contributed by atoms with Crippen molar-refractivity contribution in [3.8, 4) is 23.0 Å². The first kappa shape index (κ1) is 21.6. The van der Waals surface area contributed by atoms with Crippen molar-refractivity contribution in [2.45, 2.75) is 26.0 Å². The van der Waals surface area contributed by atoms with E-state index in [-0.39, 0.29) is 11.9 Å². The molecular weight excluding hydrogens is 406 g/mol. The summed E-state index contributed by atoms with van der Waals surface area (Å²) in [6.07, 6.45) is -0.664. The highest BCUT2D eigenvalue weighted by molar-refractivity contribution is 6.05. The lowest BCUT2D eigenvalue weighted by Crippen LogP contribution is -2.61. The molecule has 4 rings (SSSR count). The van der Waals surface area contributed by atoms with E-state index in [9.17, 15) is 4.79 Å². The Labute approximate surface area is 188 Å². The minimum atomic E-state index is -0.664. The number of anilines is 1. The lowest BCUT2D eigenvalue weighted by Gasteiger charge is -2.47. The van der Waals surface area contributed by atoms with Crippen LogP contribution >= 0.6 is 0 Å². The molecule has 0 N–H and O–H groups in total. The topological polar surface area (TPSA) is 57.2 Å². The average molecular weight is 434 g/mol. The second-order valence-corrected chi connectivity index (χ2v) is 7.75. The van der Waals surface area contributed by atoms with E-state index in [4.69, 9.17) is 18.9 Å². The Morgan fingerprint density at radius 2 is 1.41 bits per heavy atom. The van der Waals surface area contributed by atoms with Crippen molar-refractivity contribution in [1.82, 2.24) is 0 Å². The predicted octanol–water partition coefficient (Wildman–Crippen LogP) is 4.86. The number of benzene rings is 3. The van der Waals surface area contributed by atoms with Gasteiger partial charge in [0, 0.05) is 5.69 Å². The summed E-state index contributed by atoms with van der Waals surface area (Å²) >= 11 is 0. The fraction of sp³-hybridized carbons (Fsp3) is 0.269. The SMILES string of the molecule is COc1ccc(O[C@H]2C(=O)N(c3ccc(C)c(C)c3)[C@H]2c2ccc(OC)c(OC)c2)cc1. The third-order valence-electron chi connectivity index (χ3n) is 5.89. The summed E-state index contributed by atoms with van der Waals surface area (Å²) in [6.45, 7) is 4.10. The number of methoxy groups -OCH3 is 3. The van der Waals surface area contributed by atoms with Gasteiger partial charge in [-0.3, -0.25) is 9.69 Å². The van der Waals surface area contributed by atoms with Crippen LogP contribution in [0.3, 0.4) is 0 Å². The number of ether oxygens (including phenoxy) is 4. The smallest absolute Gasteiger partial charge is 0.271 e. The molecule has 1 heterocycles. The van der Waals surface area contributed by atoms with Gasteiger partial charge in [-0.05, 0) is 79.1 Å². The summed E-state index contributed by atoms with van der Waals surface area (Å²) in [7, 11) is 4.81. The van der Waals surface area contributed by atoms with E-state index in [1.165, 1.54) is 5.56 Å². The summed E-state index contributed by atoms with van der Waals surface area (Å²) in [5, 5.41) is 0. The lowest BCUT2D eigenvalue weighted by molar-refractivity contribution is -0.135. The molecule has 6 nitrogen and oxygen atoms in total. The molecule has 1 aliphatic heterocycles. The molecule has 0 aliphatic carbocycles. The van der Waals surface area contributed by atoms with Gasteiger partial charge in [-0.2, -0.15) is 0 Å². The van der Waals surface area contributed by atoms with Crippen LogP contribution in [0.1, 0.15) is 22.7 Å². The van der Waals surface area contributed by atoms with Crippen LogP contribution in [0.5, 0.6) is 23.0 Å². The van der Waals surface area contributed by atoms with Gasteiger partial charge in [-0.15, -0.1) is 0 Å². The first-order valence-corrected chi connectivity index (χ1v) is 10.4. The van der Waals surface area contributed by atoms with E-state index < -0.39 is 6.10 Å². The van der Waals surface area contributed by atoms with Crippen molar-refractivity contribution in [3.63, 3.8) is 0 Å². The maximum absolute atomic E-state index is 13.3. The number of carbonyl (C=O) groups excluding carboxylic acids is 1. The number of nitrogens with zero attached hydrogens (tertiary/aromatic N) is 1. The van der Waals surface area contributed by atoms with Gasteiger partial charge in [0.05, 0.1) is 21.3 Å². The van der Waals surface area contributed by atoms with Crippen molar-refractivity contribution >= 4 is 11.6 Å². The van der Waals surface area contributed by atoms with Crippen molar-refractivity contribution < 1.29 is 23.7 Å². The number of β-lactam (4-membered cyclic amide) rings is 1. The van der Waals surface area contributed by atoms with Gasteiger partial charge in [-0.1, -0.05) is 12.1 Å². The van der Waals surface area contributed by atoms with Crippen molar-refractivity contribution in [1.29, 1.82) is 0 Å². The Kier molecular flexibility index (Phi) is 5.95. The Bertz CT molecular complexity index is 1130. The zero-order valence-corrected chi connectivity index (χ0v) is 18.9. The monoisotopic (exact) mass is 433 g/mol. The van der Waals surface area contributed by atoms with Gasteiger partial charge in [0.1, 0.15) is 17.5 Å². The van der Waals surface area contributed by atoms with Crippen LogP contribution in [0, 0.1) is 13.8 Å². The van der Waals surface area contributed by atoms with Gasteiger partial charge in [0.15, 0.2) is 11.5 Å². The highest BCUT2D eigenvalue weighted by Crippen LogP contribution is 2.43. The standard InChI is InChI=1S/C26H27NO5/c1-16-6-8-19(14-17(16)2)27-24(18-7-13-22(30-4)23(15-18)31-5)25(26(27)28)32-21-11-9-20(29-3)10-12-21/h6-15,24-25H,1-5H3/t24-,25+/m0/s1. The second-order valence-electron chi connectivity index (χ2n) is 7.75. The summed E-state index contributed by atoms with van der Waals surface area (Å²) in [5.41, 5.74) is 4.04. The summed E-state index contributed by atoms with van der Waals surface area (Å²) in [4.78, 5) is 15.0. The quantitative estimate of drug-likeness (QED) is 0.498. The largest absolute Gasteiger partial charge is 0.497 e. The molecule has 6 heteroatoms. The molecule has 3 aromatic carbocycles. The molecule has 0 aromatic heterocycles. The van der Waals surface area contributed by atoms with Crippen LogP contribution in [-0.4, -0.2) is 33.3 Å². The highest BCUT2D eigenvalue weighted by atomic mass is 16.5. The van der Waals surface area contributed by atoms with Crippen LogP contribution in [0.4, 0.5) is 5.69 Å². The summed E-state index contributed by atoms with van der Waals surface area (Å²) in [5.74, 6) is 2.48. The van der Waals surface area contributed by atoms with Gasteiger partial charge in [-0.25, -0.2) is 0 Å². The molecule has 166 valence electrons. The second kappa shape index (κ2) is 8.83. The first-order chi connectivity index (χ1) is 15.5. The van der Waals surface area contributed by atoms with Gasteiger partial charge in [0.2, 0.25) is 6.10 Å². The van der Waals surface area contributed by atoms with Crippen LogP contribution < -0.4 is 23.8 Å². The number of amides is 1. The Morgan fingerprint density at radius 1 is 0.719 bits per heavy atom. The van der Waals surface area contributed by atoms with Gasteiger partial charge in [0.25, 0.3) is 5.91 Å². The molecule has 1 aliphatic rings. The Balaban J connectivity index is 1.72. The Morgan fingerprint density at radius 3 is 2.03 bits per heavy atom. The van der Waals surface area contributed by atoms with Crippen molar-refractivity contribution in [2.24, 2.45) is 0 Å². The zero-order valence-electron chi connectivity index (χ0n) is 18.9. The van der Waals surface area contributed by atoms with Crippen molar-refractivity contribution in [2.75, 3.05) is 26.2 Å². The third-order valence-corrected chi connectivity index (χ3v) is 5.89. The molecule has 0 spiro atoms. The third kappa shape index (κ3) is 3.84. The minimum absolute atomic E-state index is 0.0937. The van der Waals surface area contributed by atoms with Crippen LogP contribution in [0.25, 0.3) is 0 Å². The van der Waals surface area contributed by atoms with E-state index >= 15 is 0 Å². The summed E-state index contributed by atoms with van der Waals surface area (Å²) < 4.78 is 22.2. The van der Waals surface area contributed by atoms with E-state index in [1.807, 2.05) is 55.5 Å². The lowest BCUT2D eigenvalue weighted by atomic mass is 9.89. The number of aryl methyl sites for hydroxylation is 2. The molecule has 0 radical (unpaired) electrons. The number of rotatable bonds is 7. The molecule has 3 aromatic rings. The number of hydrogen-bond donors (Lipinski definition) is 0. The average Bonchev–Trinajstić information content (AvgIpc) is 2.82. The number of carbonyl (C=O) groups is 1. The first-order valence-electron chi connectivity index (χ1n) is 10.4. The summed E-state index contributed by atoms with van der Waals surface area (Å²) in [6, 6.07) is 18.6. The normalized spacial score (nSPS) is 17.5. The Hall–Kier alpha value is -3.67. The number of hydrogen-bond acceptors (Lipinski definition) is 5. The van der Waals surface area contributed by atoms with Gasteiger partial charge < -0.3 is 18.9 Å². The maximum atomic E-state index is 13.3. The molecule has 0 bridgehead atoms. The van der Waals surface area contributed by atoms with E-state index in [2.05, 4.69) is 6.92 Å². The van der Waals surface area contributed by atoms with Crippen LogP contribution in [-0.2, 0) is 4.79 Å². The van der Waals surface area contributed by atoms with E-state index in [1.54, 1.807) is 38.4 Å². The van der Waals surface area contributed by atoms with Crippen LogP contribution in [0.15, 0.2) is 60.7 Å². The molecule has 1 amide bonds. The van der Waals surface area contributed by atoms with Crippen molar-refractivity contribution in [3.05, 3.63) is 77.4 Å². The maximum Gasteiger partial charge on any atom is 0.271 e. The molecular formula is C26H27NO5. The fourth-order valence-electron chi connectivity index (χ4n) is 3.90. The van der Waals surface area contributed by atoms with Crippen LogP contribution in [0.2, 0.25) is 0 Å². The molecule has 2 atom stereocenters. The minimum Gasteiger partial charge on any atom is -0.497 e. The van der Waals surface area contributed by atoms with Gasteiger partial charge >= 0.3 is 0 Å². The molecule has 32 heavy (non-hydrogen) atoms.